The van der Waals surface area contributed by atoms with E-state index >= 15 is 0 Å². The fraction of sp³-hybridized carbons (Fsp3) is 0.0149. The van der Waals surface area contributed by atoms with Crippen LogP contribution < -0.4 is 4.90 Å². The molecule has 0 saturated heterocycles. The second kappa shape index (κ2) is 16.9. The number of hydrogen-bond donors (Lipinski definition) is 0. The lowest BCUT2D eigenvalue weighted by Crippen LogP contribution is -2.28. The zero-order chi connectivity index (χ0) is 45.7. The highest BCUT2D eigenvalue weighted by molar-refractivity contribution is 7.26. The summed E-state index contributed by atoms with van der Waals surface area (Å²) in [6.45, 7) is 0. The van der Waals surface area contributed by atoms with Crippen LogP contribution in [0, 0.1) is 0 Å². The van der Waals surface area contributed by atoms with Crippen LogP contribution in [0.3, 0.4) is 0 Å². The molecule has 1 aliphatic rings. The molecule has 0 aliphatic heterocycles. The van der Waals surface area contributed by atoms with Gasteiger partial charge in [0.05, 0.1) is 5.41 Å². The molecule has 0 bridgehead atoms. The Kier molecular flexibility index (Phi) is 10.00. The van der Waals surface area contributed by atoms with E-state index in [9.17, 15) is 0 Å². The zero-order valence-electron chi connectivity index (χ0n) is 37.8. The van der Waals surface area contributed by atoms with E-state index in [1.807, 2.05) is 11.3 Å². The van der Waals surface area contributed by atoms with E-state index < -0.39 is 5.41 Å². The predicted octanol–water partition coefficient (Wildman–Crippen LogP) is 18.6. The molecular weight excluding hydrogens is 851 g/mol. The van der Waals surface area contributed by atoms with Gasteiger partial charge in [-0.1, -0.05) is 212 Å². The molecule has 0 N–H and O–H groups in total. The maximum Gasteiger partial charge on any atom is 0.0713 e. The van der Waals surface area contributed by atoms with Gasteiger partial charge in [0.15, 0.2) is 0 Å². The standard InChI is InChI=1S/C67H45NS/c1-4-18-46(19-5-1)50-42-51(47-20-6-2-7-21-47)44-52(43-50)48-34-38-55(39-35-48)68(57-25-16-22-49(45-57)58-29-17-30-62-61-28-12-15-33-65(61)69-66(58)62)56-40-36-54(37-41-56)67(53-23-8-3-9-24-53)63-31-13-10-26-59(63)60-27-11-14-32-64(60)67/h1-45H. The molecule has 1 heterocycles. The molecular formula is C67H45NS. The second-order valence-electron chi connectivity index (χ2n) is 18.0. The molecule has 324 valence electrons. The maximum atomic E-state index is 2.42. The van der Waals surface area contributed by atoms with Crippen molar-refractivity contribution in [3.05, 3.63) is 295 Å². The van der Waals surface area contributed by atoms with Gasteiger partial charge in [0.25, 0.3) is 0 Å². The van der Waals surface area contributed by atoms with Crippen molar-refractivity contribution in [3.8, 4) is 55.6 Å². The van der Waals surface area contributed by atoms with Gasteiger partial charge >= 0.3 is 0 Å². The summed E-state index contributed by atoms with van der Waals surface area (Å²) in [6.07, 6.45) is 0. The molecule has 0 fully saturated rings. The molecule has 1 nitrogen and oxygen atoms in total. The summed E-state index contributed by atoms with van der Waals surface area (Å²) < 4.78 is 2.62. The Morgan fingerprint density at radius 1 is 0.275 bits per heavy atom. The van der Waals surface area contributed by atoms with Gasteiger partial charge < -0.3 is 4.90 Å². The SMILES string of the molecule is c1ccc(-c2cc(-c3ccccc3)cc(-c3ccc(N(c4ccc(C5(c6ccccc6)c6ccccc6-c6ccccc65)cc4)c4cccc(-c5cccc6c5sc5ccccc56)c4)cc3)c2)cc1. The lowest BCUT2D eigenvalue weighted by molar-refractivity contribution is 0.768. The molecule has 0 radical (unpaired) electrons. The number of hydrogen-bond acceptors (Lipinski definition) is 2. The van der Waals surface area contributed by atoms with Crippen molar-refractivity contribution in [1.29, 1.82) is 0 Å². The smallest absolute Gasteiger partial charge is 0.0713 e. The minimum absolute atomic E-state index is 0.477. The Bertz CT molecular complexity index is 3710. The topological polar surface area (TPSA) is 3.24 Å². The zero-order valence-corrected chi connectivity index (χ0v) is 38.7. The average molecular weight is 896 g/mol. The van der Waals surface area contributed by atoms with Crippen LogP contribution in [-0.2, 0) is 5.41 Å². The first-order chi connectivity index (χ1) is 34.2. The predicted molar refractivity (Wildman–Crippen MR) is 293 cm³/mol. The Labute approximate surface area is 407 Å². The van der Waals surface area contributed by atoms with E-state index in [0.29, 0.717) is 0 Å². The lowest BCUT2D eigenvalue weighted by atomic mass is 9.68. The van der Waals surface area contributed by atoms with Crippen molar-refractivity contribution >= 4 is 48.6 Å². The van der Waals surface area contributed by atoms with E-state index in [2.05, 4.69) is 278 Å². The average Bonchev–Trinajstić information content (AvgIpc) is 3.96. The normalized spacial score (nSPS) is 12.5. The van der Waals surface area contributed by atoms with Crippen LogP contribution in [0.1, 0.15) is 22.3 Å². The molecule has 13 rings (SSSR count). The summed E-state index contributed by atoms with van der Waals surface area (Å²) in [7, 11) is 0. The van der Waals surface area contributed by atoms with Crippen molar-refractivity contribution in [2.45, 2.75) is 5.41 Å². The quantitative estimate of drug-likeness (QED) is 0.140. The van der Waals surface area contributed by atoms with Crippen LogP contribution in [-0.4, -0.2) is 0 Å². The van der Waals surface area contributed by atoms with Gasteiger partial charge in [0, 0.05) is 37.2 Å². The molecule has 0 atom stereocenters. The summed E-state index contributed by atoms with van der Waals surface area (Å²) in [4.78, 5) is 2.42. The lowest BCUT2D eigenvalue weighted by Gasteiger charge is -2.34. The molecule has 11 aromatic carbocycles. The van der Waals surface area contributed by atoms with Gasteiger partial charge in [0.1, 0.15) is 0 Å². The van der Waals surface area contributed by atoms with Crippen molar-refractivity contribution < 1.29 is 0 Å². The highest BCUT2D eigenvalue weighted by Crippen LogP contribution is 2.56. The maximum absolute atomic E-state index is 2.42. The summed E-state index contributed by atoms with van der Waals surface area (Å²) in [5.74, 6) is 0. The highest BCUT2D eigenvalue weighted by atomic mass is 32.1. The van der Waals surface area contributed by atoms with E-state index in [1.165, 1.54) is 92.5 Å². The first kappa shape index (κ1) is 40.7. The molecule has 0 amide bonds. The Balaban J connectivity index is 0.964. The van der Waals surface area contributed by atoms with Crippen LogP contribution >= 0.6 is 11.3 Å². The fourth-order valence-corrected chi connectivity index (χ4v) is 12.2. The van der Waals surface area contributed by atoms with E-state index in [4.69, 9.17) is 0 Å². The second-order valence-corrected chi connectivity index (χ2v) is 19.1. The minimum Gasteiger partial charge on any atom is -0.310 e. The summed E-state index contributed by atoms with van der Waals surface area (Å²) in [5.41, 5.74) is 20.1. The van der Waals surface area contributed by atoms with Crippen LogP contribution in [0.5, 0.6) is 0 Å². The van der Waals surface area contributed by atoms with E-state index in [0.717, 1.165) is 22.6 Å². The molecule has 12 aromatic rings. The fourth-order valence-electron chi connectivity index (χ4n) is 11.0. The molecule has 69 heavy (non-hydrogen) atoms. The van der Waals surface area contributed by atoms with Crippen molar-refractivity contribution in [3.63, 3.8) is 0 Å². The monoisotopic (exact) mass is 895 g/mol. The molecule has 0 saturated carbocycles. The van der Waals surface area contributed by atoms with Crippen LogP contribution in [0.25, 0.3) is 75.8 Å². The third-order valence-electron chi connectivity index (χ3n) is 14.1. The molecule has 0 spiro atoms. The van der Waals surface area contributed by atoms with Gasteiger partial charge in [-0.3, -0.25) is 0 Å². The Hall–Kier alpha value is -8.56. The third kappa shape index (κ3) is 6.91. The molecule has 0 unspecified atom stereocenters. The van der Waals surface area contributed by atoms with E-state index in [-0.39, 0.29) is 0 Å². The summed E-state index contributed by atoms with van der Waals surface area (Å²) >= 11 is 1.88. The largest absolute Gasteiger partial charge is 0.310 e. The Morgan fingerprint density at radius 3 is 1.35 bits per heavy atom. The third-order valence-corrected chi connectivity index (χ3v) is 15.4. The van der Waals surface area contributed by atoms with Gasteiger partial charge in [-0.25, -0.2) is 0 Å². The van der Waals surface area contributed by atoms with Gasteiger partial charge in [-0.2, -0.15) is 0 Å². The first-order valence-corrected chi connectivity index (χ1v) is 24.5. The van der Waals surface area contributed by atoms with Crippen LogP contribution in [0.15, 0.2) is 273 Å². The number of benzene rings is 11. The van der Waals surface area contributed by atoms with Crippen LogP contribution in [0.4, 0.5) is 17.1 Å². The van der Waals surface area contributed by atoms with Crippen molar-refractivity contribution in [2.75, 3.05) is 4.90 Å². The Morgan fingerprint density at radius 2 is 0.725 bits per heavy atom. The summed E-state index contributed by atoms with van der Waals surface area (Å²) in [6, 6.07) is 100. The number of thiophene rings is 1. The van der Waals surface area contributed by atoms with Crippen LogP contribution in [0.2, 0.25) is 0 Å². The molecule has 1 aromatic heterocycles. The van der Waals surface area contributed by atoms with Gasteiger partial charge in [-0.15, -0.1) is 11.3 Å². The van der Waals surface area contributed by atoms with E-state index in [1.54, 1.807) is 0 Å². The minimum atomic E-state index is -0.477. The van der Waals surface area contributed by atoms with Crippen molar-refractivity contribution in [1.82, 2.24) is 0 Å². The summed E-state index contributed by atoms with van der Waals surface area (Å²) in [5, 5.41) is 2.61. The first-order valence-electron chi connectivity index (χ1n) is 23.7. The highest BCUT2D eigenvalue weighted by Gasteiger charge is 2.45. The molecule has 2 heteroatoms. The van der Waals surface area contributed by atoms with Gasteiger partial charge in [0.2, 0.25) is 0 Å². The van der Waals surface area contributed by atoms with Gasteiger partial charge in [-0.05, 0) is 139 Å². The number of rotatable bonds is 9. The number of anilines is 3. The van der Waals surface area contributed by atoms with Crippen molar-refractivity contribution in [2.24, 2.45) is 0 Å². The molecule has 1 aliphatic carbocycles. The number of nitrogens with zero attached hydrogens (tertiary/aromatic N) is 1. The number of fused-ring (bicyclic) bond motifs is 6.